The molecule has 0 saturated heterocycles. The van der Waals surface area contributed by atoms with Crippen LogP contribution in [0.15, 0.2) is 6.07 Å². The van der Waals surface area contributed by atoms with Gasteiger partial charge in [-0.15, -0.1) is 0 Å². The molecule has 1 N–H and O–H groups in total. The third-order valence-corrected chi connectivity index (χ3v) is 1.98. The average molecular weight is 195 g/mol. The number of carbonyl (C=O) groups excluding carboxylic acids is 1. The molecule has 0 unspecified atom stereocenters. The summed E-state index contributed by atoms with van der Waals surface area (Å²) in [5.41, 5.74) is 1.39. The van der Waals surface area contributed by atoms with Crippen molar-refractivity contribution >= 4 is 5.97 Å². The molecule has 1 heterocycles. The number of aromatic hydroxyl groups is 1. The first-order valence-electron chi connectivity index (χ1n) is 4.38. The Balaban J connectivity index is 3.25. The van der Waals surface area contributed by atoms with Gasteiger partial charge in [-0.05, 0) is 13.3 Å². The maximum Gasteiger partial charge on any atom is 0.343 e. The van der Waals surface area contributed by atoms with Gasteiger partial charge >= 0.3 is 5.97 Å². The fourth-order valence-corrected chi connectivity index (χ4v) is 1.25. The van der Waals surface area contributed by atoms with Crippen LogP contribution < -0.4 is 0 Å². The van der Waals surface area contributed by atoms with E-state index < -0.39 is 5.97 Å². The van der Waals surface area contributed by atoms with E-state index in [1.54, 1.807) is 6.92 Å². The number of hydrogen-bond donors (Lipinski definition) is 1. The van der Waals surface area contributed by atoms with E-state index in [1.165, 1.54) is 13.2 Å². The topological polar surface area (TPSA) is 59.4 Å². The normalized spacial score (nSPS) is 9.93. The smallest absolute Gasteiger partial charge is 0.343 e. The van der Waals surface area contributed by atoms with Gasteiger partial charge in [0.2, 0.25) is 0 Å². The Morgan fingerprint density at radius 3 is 2.71 bits per heavy atom. The number of hydrogen-bond acceptors (Lipinski definition) is 4. The molecule has 1 rings (SSSR count). The van der Waals surface area contributed by atoms with Crippen molar-refractivity contribution in [1.29, 1.82) is 0 Å². The fraction of sp³-hybridized carbons (Fsp3) is 0.400. The van der Waals surface area contributed by atoms with Gasteiger partial charge in [0.25, 0.3) is 0 Å². The summed E-state index contributed by atoms with van der Waals surface area (Å²) in [6, 6.07) is 1.49. The molecular formula is C10H13NO3. The Morgan fingerprint density at radius 1 is 1.64 bits per heavy atom. The first-order valence-corrected chi connectivity index (χ1v) is 4.38. The zero-order valence-corrected chi connectivity index (χ0v) is 8.50. The van der Waals surface area contributed by atoms with Crippen LogP contribution in [0.2, 0.25) is 0 Å². The number of pyridine rings is 1. The SMILES string of the molecule is CCc1cc(O)c(C(=O)OC)c(C)n1. The highest BCUT2D eigenvalue weighted by molar-refractivity contribution is 5.93. The molecule has 4 nitrogen and oxygen atoms in total. The van der Waals surface area contributed by atoms with E-state index in [2.05, 4.69) is 9.72 Å². The van der Waals surface area contributed by atoms with Crippen molar-refractivity contribution in [3.8, 4) is 5.75 Å². The van der Waals surface area contributed by atoms with Crippen LogP contribution in [0.4, 0.5) is 0 Å². The summed E-state index contributed by atoms with van der Waals surface area (Å²) < 4.78 is 4.53. The van der Waals surface area contributed by atoms with Crippen molar-refractivity contribution in [2.24, 2.45) is 0 Å². The highest BCUT2D eigenvalue weighted by atomic mass is 16.5. The third-order valence-electron chi connectivity index (χ3n) is 1.98. The van der Waals surface area contributed by atoms with Crippen molar-refractivity contribution in [3.63, 3.8) is 0 Å². The van der Waals surface area contributed by atoms with Gasteiger partial charge in [-0.3, -0.25) is 4.98 Å². The molecule has 0 radical (unpaired) electrons. The van der Waals surface area contributed by atoms with E-state index in [-0.39, 0.29) is 11.3 Å². The summed E-state index contributed by atoms with van der Waals surface area (Å²) in [4.78, 5) is 15.4. The summed E-state index contributed by atoms with van der Waals surface area (Å²) in [6.45, 7) is 3.60. The number of ether oxygens (including phenoxy) is 1. The maximum absolute atomic E-state index is 11.2. The minimum Gasteiger partial charge on any atom is -0.507 e. The highest BCUT2D eigenvalue weighted by Crippen LogP contribution is 2.21. The summed E-state index contributed by atoms with van der Waals surface area (Å²) in [7, 11) is 1.27. The van der Waals surface area contributed by atoms with Crippen LogP contribution in [0, 0.1) is 6.92 Å². The van der Waals surface area contributed by atoms with Crippen LogP contribution in [-0.2, 0) is 11.2 Å². The lowest BCUT2D eigenvalue weighted by Gasteiger charge is -2.07. The molecule has 0 atom stereocenters. The Kier molecular flexibility index (Phi) is 3.06. The standard InChI is InChI=1S/C10H13NO3/c1-4-7-5-8(12)9(6(2)11-7)10(13)14-3/h5H,4H2,1-3H3,(H,11,12). The summed E-state index contributed by atoms with van der Waals surface area (Å²) in [5.74, 6) is -0.628. The Morgan fingerprint density at radius 2 is 2.29 bits per heavy atom. The predicted octanol–water partition coefficient (Wildman–Crippen LogP) is 1.44. The monoisotopic (exact) mass is 195 g/mol. The number of methoxy groups -OCH3 is 1. The van der Waals surface area contributed by atoms with E-state index in [4.69, 9.17) is 0 Å². The van der Waals surface area contributed by atoms with Gasteiger partial charge in [0.05, 0.1) is 12.8 Å². The molecular weight excluding hydrogens is 182 g/mol. The molecule has 0 aromatic carbocycles. The fourth-order valence-electron chi connectivity index (χ4n) is 1.25. The number of nitrogens with zero attached hydrogens (tertiary/aromatic N) is 1. The van der Waals surface area contributed by atoms with Crippen molar-refractivity contribution in [1.82, 2.24) is 4.98 Å². The van der Waals surface area contributed by atoms with Crippen molar-refractivity contribution in [2.45, 2.75) is 20.3 Å². The molecule has 0 bridgehead atoms. The van der Waals surface area contributed by atoms with E-state index in [0.717, 1.165) is 12.1 Å². The minimum atomic E-state index is -0.560. The minimum absolute atomic E-state index is 0.0683. The lowest BCUT2D eigenvalue weighted by atomic mass is 10.1. The third kappa shape index (κ3) is 1.84. The van der Waals surface area contributed by atoms with E-state index >= 15 is 0 Å². The number of carbonyl (C=O) groups is 1. The molecule has 4 heteroatoms. The second-order valence-electron chi connectivity index (χ2n) is 2.94. The van der Waals surface area contributed by atoms with Crippen molar-refractivity contribution < 1.29 is 14.6 Å². The molecule has 0 aliphatic carbocycles. The van der Waals surface area contributed by atoms with Crippen molar-refractivity contribution in [2.75, 3.05) is 7.11 Å². The second kappa shape index (κ2) is 4.09. The summed E-state index contributed by atoms with van der Waals surface area (Å²) >= 11 is 0. The zero-order chi connectivity index (χ0) is 10.7. The van der Waals surface area contributed by atoms with Gasteiger partial charge in [0.1, 0.15) is 11.3 Å². The summed E-state index contributed by atoms with van der Waals surface area (Å²) in [6.07, 6.45) is 0.718. The molecule has 0 saturated carbocycles. The largest absolute Gasteiger partial charge is 0.507 e. The molecule has 0 amide bonds. The molecule has 14 heavy (non-hydrogen) atoms. The number of rotatable bonds is 2. The van der Waals surface area contributed by atoms with Crippen LogP contribution in [-0.4, -0.2) is 23.2 Å². The molecule has 0 aliphatic heterocycles. The van der Waals surface area contributed by atoms with Gasteiger partial charge in [0, 0.05) is 11.8 Å². The van der Waals surface area contributed by atoms with Crippen LogP contribution in [0.1, 0.15) is 28.7 Å². The number of esters is 1. The first kappa shape index (κ1) is 10.5. The highest BCUT2D eigenvalue weighted by Gasteiger charge is 2.16. The van der Waals surface area contributed by atoms with E-state index in [1.807, 2.05) is 6.92 Å². The maximum atomic E-state index is 11.2. The Hall–Kier alpha value is -1.58. The van der Waals surface area contributed by atoms with Crippen molar-refractivity contribution in [3.05, 3.63) is 23.0 Å². The van der Waals surface area contributed by atoms with Crippen LogP contribution >= 0.6 is 0 Å². The molecule has 76 valence electrons. The lowest BCUT2D eigenvalue weighted by Crippen LogP contribution is -2.07. The number of aryl methyl sites for hydroxylation is 2. The Bertz CT molecular complexity index is 337. The second-order valence-corrected chi connectivity index (χ2v) is 2.94. The van der Waals surface area contributed by atoms with Crippen LogP contribution in [0.5, 0.6) is 5.75 Å². The van der Waals surface area contributed by atoms with E-state index in [9.17, 15) is 9.90 Å². The van der Waals surface area contributed by atoms with Crippen LogP contribution in [0.3, 0.4) is 0 Å². The number of aromatic nitrogens is 1. The van der Waals surface area contributed by atoms with Gasteiger partial charge in [-0.1, -0.05) is 6.92 Å². The van der Waals surface area contributed by atoms with E-state index in [0.29, 0.717) is 5.69 Å². The summed E-state index contributed by atoms with van der Waals surface area (Å²) in [5, 5.41) is 9.56. The first-order chi connectivity index (χ1) is 6.60. The van der Waals surface area contributed by atoms with Gasteiger partial charge in [0.15, 0.2) is 0 Å². The lowest BCUT2D eigenvalue weighted by molar-refractivity contribution is 0.0596. The quantitative estimate of drug-likeness (QED) is 0.725. The molecule has 0 spiro atoms. The Labute approximate surface area is 82.5 Å². The molecule has 0 fully saturated rings. The molecule has 0 aliphatic rings. The van der Waals surface area contributed by atoms with Crippen LogP contribution in [0.25, 0.3) is 0 Å². The zero-order valence-electron chi connectivity index (χ0n) is 8.50. The molecule has 1 aromatic heterocycles. The molecule has 1 aromatic rings. The average Bonchev–Trinajstić information content (AvgIpc) is 2.16. The van der Waals surface area contributed by atoms with Gasteiger partial charge < -0.3 is 9.84 Å². The van der Waals surface area contributed by atoms with Gasteiger partial charge in [-0.2, -0.15) is 0 Å². The van der Waals surface area contributed by atoms with Gasteiger partial charge in [-0.25, -0.2) is 4.79 Å². The predicted molar refractivity (Wildman–Crippen MR) is 51.4 cm³/mol.